The second-order valence-corrected chi connectivity index (χ2v) is 7.08. The van der Waals surface area contributed by atoms with Crippen LogP contribution in [0.3, 0.4) is 0 Å². The summed E-state index contributed by atoms with van der Waals surface area (Å²) in [6.45, 7) is 6.22. The summed E-state index contributed by atoms with van der Waals surface area (Å²) in [5.41, 5.74) is 2.29. The number of rotatable bonds is 5. The van der Waals surface area contributed by atoms with Crippen molar-refractivity contribution in [2.24, 2.45) is 0 Å². The zero-order valence-corrected chi connectivity index (χ0v) is 14.4. The van der Waals surface area contributed by atoms with Crippen LogP contribution in [0.1, 0.15) is 45.3 Å². The van der Waals surface area contributed by atoms with Gasteiger partial charge < -0.3 is 14.6 Å². The Bertz CT molecular complexity index is 714. The average molecular weight is 328 g/mol. The van der Waals surface area contributed by atoms with Crippen LogP contribution < -0.4 is 10.6 Å². The van der Waals surface area contributed by atoms with E-state index in [4.69, 9.17) is 4.74 Å². The van der Waals surface area contributed by atoms with E-state index in [0.29, 0.717) is 18.3 Å². The molecule has 1 aromatic heterocycles. The smallest absolute Gasteiger partial charge is 0.412 e. The molecule has 0 radical (unpaired) electrons. The minimum Gasteiger partial charge on any atom is -0.444 e. The van der Waals surface area contributed by atoms with Gasteiger partial charge in [-0.2, -0.15) is 0 Å². The van der Waals surface area contributed by atoms with Gasteiger partial charge >= 0.3 is 6.09 Å². The minimum atomic E-state index is -0.513. The van der Waals surface area contributed by atoms with Crippen LogP contribution in [0.5, 0.6) is 0 Å². The fraction of sp³-hybridized carbons (Fsp3) is 0.444. The van der Waals surface area contributed by atoms with Crippen molar-refractivity contribution < 1.29 is 9.53 Å². The monoisotopic (exact) mass is 328 g/mol. The van der Waals surface area contributed by atoms with Crippen LogP contribution in [0.4, 0.5) is 16.2 Å². The lowest BCUT2D eigenvalue weighted by atomic mass is 10.2. The van der Waals surface area contributed by atoms with Crippen molar-refractivity contribution >= 4 is 17.5 Å². The third-order valence-electron chi connectivity index (χ3n) is 3.67. The van der Waals surface area contributed by atoms with E-state index in [1.165, 1.54) is 18.5 Å². The van der Waals surface area contributed by atoms with E-state index in [2.05, 4.69) is 20.2 Å². The fourth-order valence-electron chi connectivity index (χ4n) is 2.47. The second-order valence-electron chi connectivity index (χ2n) is 7.08. The maximum atomic E-state index is 11.8. The topological polar surface area (TPSA) is 68.2 Å². The second kappa shape index (κ2) is 6.55. The summed E-state index contributed by atoms with van der Waals surface area (Å²) in [6, 6.07) is 8.21. The number of imidazole rings is 1. The zero-order valence-electron chi connectivity index (χ0n) is 14.4. The molecule has 6 nitrogen and oxygen atoms in total. The number of nitrogens with one attached hydrogen (secondary N) is 2. The Balaban J connectivity index is 1.58. The van der Waals surface area contributed by atoms with Gasteiger partial charge in [-0.1, -0.05) is 6.07 Å². The van der Waals surface area contributed by atoms with Gasteiger partial charge in [-0.3, -0.25) is 5.32 Å². The lowest BCUT2D eigenvalue weighted by Crippen LogP contribution is -2.27. The first-order valence-corrected chi connectivity index (χ1v) is 8.25. The molecule has 0 aliphatic heterocycles. The van der Waals surface area contributed by atoms with Gasteiger partial charge in [0.1, 0.15) is 5.60 Å². The van der Waals surface area contributed by atoms with Crippen molar-refractivity contribution in [1.29, 1.82) is 0 Å². The third kappa shape index (κ3) is 4.50. The molecular formula is C18H24N4O2. The molecule has 1 aliphatic rings. The molecule has 3 rings (SSSR count). The molecule has 0 saturated heterocycles. The van der Waals surface area contributed by atoms with E-state index >= 15 is 0 Å². The molecule has 24 heavy (non-hydrogen) atoms. The van der Waals surface area contributed by atoms with Crippen molar-refractivity contribution in [3.8, 4) is 0 Å². The molecule has 0 unspecified atom stereocenters. The molecule has 2 N–H and O–H groups in total. The zero-order chi connectivity index (χ0) is 17.2. The Hall–Kier alpha value is -2.50. The van der Waals surface area contributed by atoms with Crippen molar-refractivity contribution in [2.75, 3.05) is 10.6 Å². The van der Waals surface area contributed by atoms with Crippen LogP contribution in [0.25, 0.3) is 0 Å². The predicted octanol–water partition coefficient (Wildman–Crippen LogP) is 4.18. The first-order chi connectivity index (χ1) is 11.4. The molecule has 1 saturated carbocycles. The molecule has 0 spiro atoms. The summed E-state index contributed by atoms with van der Waals surface area (Å²) in [6.07, 6.45) is 5.81. The van der Waals surface area contributed by atoms with Crippen LogP contribution in [0, 0.1) is 0 Å². The van der Waals surface area contributed by atoms with Crippen molar-refractivity contribution in [3.05, 3.63) is 42.5 Å². The Kier molecular flexibility index (Phi) is 4.46. The summed E-state index contributed by atoms with van der Waals surface area (Å²) < 4.78 is 7.50. The number of carbonyl (C=O) groups excluding carboxylic acids is 1. The number of amides is 1. The van der Waals surface area contributed by atoms with Crippen molar-refractivity contribution in [3.63, 3.8) is 0 Å². The van der Waals surface area contributed by atoms with Crippen LogP contribution in [-0.2, 0) is 11.3 Å². The Morgan fingerprint density at radius 1 is 1.33 bits per heavy atom. The molecule has 1 aromatic carbocycles. The number of hydrogen-bond acceptors (Lipinski definition) is 4. The van der Waals surface area contributed by atoms with Crippen LogP contribution in [0.2, 0.25) is 0 Å². The maximum Gasteiger partial charge on any atom is 0.412 e. The highest BCUT2D eigenvalue weighted by Crippen LogP contribution is 2.35. The molecule has 1 aliphatic carbocycles. The molecule has 1 amide bonds. The summed E-state index contributed by atoms with van der Waals surface area (Å²) in [4.78, 5) is 16.1. The molecule has 0 atom stereocenters. The third-order valence-corrected chi connectivity index (χ3v) is 3.67. The Morgan fingerprint density at radius 2 is 2.08 bits per heavy atom. The van der Waals surface area contributed by atoms with Gasteiger partial charge in [0.05, 0.1) is 18.6 Å². The van der Waals surface area contributed by atoms with Crippen LogP contribution in [-0.4, -0.2) is 21.2 Å². The lowest BCUT2D eigenvalue weighted by Gasteiger charge is -2.19. The SMILES string of the molecule is CC(C)(C)OC(=O)Nc1cccc(NCc2cncn2C2CC2)c1. The quantitative estimate of drug-likeness (QED) is 0.864. The molecule has 1 fully saturated rings. The summed E-state index contributed by atoms with van der Waals surface area (Å²) >= 11 is 0. The van der Waals surface area contributed by atoms with Crippen LogP contribution >= 0.6 is 0 Å². The fourth-order valence-corrected chi connectivity index (χ4v) is 2.47. The summed E-state index contributed by atoms with van der Waals surface area (Å²) in [7, 11) is 0. The predicted molar refractivity (Wildman–Crippen MR) is 94.1 cm³/mol. The summed E-state index contributed by atoms with van der Waals surface area (Å²) in [5, 5.41) is 6.13. The van der Waals surface area contributed by atoms with Crippen molar-refractivity contribution in [2.45, 2.75) is 51.8 Å². The Labute approximate surface area is 142 Å². The minimum absolute atomic E-state index is 0.452. The van der Waals surface area contributed by atoms with E-state index in [-0.39, 0.29) is 0 Å². The van der Waals surface area contributed by atoms with E-state index in [9.17, 15) is 4.79 Å². The van der Waals surface area contributed by atoms with Gasteiger partial charge in [-0.15, -0.1) is 0 Å². The molecule has 128 valence electrons. The van der Waals surface area contributed by atoms with Crippen LogP contribution in [0.15, 0.2) is 36.8 Å². The van der Waals surface area contributed by atoms with Gasteiger partial charge in [0.2, 0.25) is 0 Å². The normalized spacial score (nSPS) is 14.3. The number of hydrogen-bond donors (Lipinski definition) is 2. The number of nitrogens with zero attached hydrogens (tertiary/aromatic N) is 2. The van der Waals surface area contributed by atoms with Gasteiger partial charge in [-0.25, -0.2) is 9.78 Å². The molecule has 6 heteroatoms. The first kappa shape index (κ1) is 16.4. The number of carbonyl (C=O) groups is 1. The van der Waals surface area contributed by atoms with E-state index in [0.717, 1.165) is 5.69 Å². The molecule has 2 aromatic rings. The van der Waals surface area contributed by atoms with Crippen molar-refractivity contribution in [1.82, 2.24) is 9.55 Å². The largest absolute Gasteiger partial charge is 0.444 e. The highest BCUT2D eigenvalue weighted by Gasteiger charge is 2.25. The van der Waals surface area contributed by atoms with Gasteiger partial charge in [0, 0.05) is 23.6 Å². The van der Waals surface area contributed by atoms with Gasteiger partial charge in [0.15, 0.2) is 0 Å². The van der Waals surface area contributed by atoms with E-state index in [1.807, 2.05) is 57.6 Å². The highest BCUT2D eigenvalue weighted by atomic mass is 16.6. The van der Waals surface area contributed by atoms with Gasteiger partial charge in [0.25, 0.3) is 0 Å². The van der Waals surface area contributed by atoms with Gasteiger partial charge in [-0.05, 0) is 51.8 Å². The lowest BCUT2D eigenvalue weighted by molar-refractivity contribution is 0.0636. The first-order valence-electron chi connectivity index (χ1n) is 8.25. The number of aromatic nitrogens is 2. The average Bonchev–Trinajstić information content (AvgIpc) is 3.22. The number of ether oxygens (including phenoxy) is 1. The maximum absolute atomic E-state index is 11.8. The Morgan fingerprint density at radius 3 is 2.79 bits per heavy atom. The molecule has 0 bridgehead atoms. The molecule has 1 heterocycles. The molecular weight excluding hydrogens is 304 g/mol. The summed E-state index contributed by atoms with van der Waals surface area (Å²) in [5.74, 6) is 0. The number of anilines is 2. The number of benzene rings is 1. The standard InChI is InChI=1S/C18H24N4O2/c1-18(2,3)24-17(23)21-14-6-4-5-13(9-14)20-11-16-10-19-12-22(16)15-7-8-15/h4-6,9-10,12,15,20H,7-8,11H2,1-3H3,(H,21,23). The van der Waals surface area contributed by atoms with E-state index in [1.54, 1.807) is 0 Å². The van der Waals surface area contributed by atoms with E-state index < -0.39 is 11.7 Å². The highest BCUT2D eigenvalue weighted by molar-refractivity contribution is 5.85.